The molecule has 4 rings (SSSR count). The van der Waals surface area contributed by atoms with E-state index in [1.807, 2.05) is 6.08 Å². The zero-order valence-electron chi connectivity index (χ0n) is 15.5. The van der Waals surface area contributed by atoms with Gasteiger partial charge in [-0.2, -0.15) is 0 Å². The van der Waals surface area contributed by atoms with Crippen LogP contribution in [0.4, 0.5) is 0 Å². The lowest BCUT2D eigenvalue weighted by molar-refractivity contribution is -0.126. The van der Waals surface area contributed by atoms with Crippen molar-refractivity contribution in [3.05, 3.63) is 23.8 Å². The van der Waals surface area contributed by atoms with Crippen molar-refractivity contribution in [2.45, 2.75) is 70.8 Å². The third kappa shape index (κ3) is 2.27. The van der Waals surface area contributed by atoms with Crippen molar-refractivity contribution in [1.82, 2.24) is 0 Å². The molecule has 0 spiro atoms. The average molecular weight is 342 g/mol. The quantitative estimate of drug-likeness (QED) is 0.789. The number of aliphatic hydroxyl groups is 1. The highest BCUT2D eigenvalue weighted by Crippen LogP contribution is 2.66. The Morgan fingerprint density at radius 2 is 1.96 bits per heavy atom. The minimum Gasteiger partial charge on any atom is -0.389 e. The maximum atomic E-state index is 11.9. The molecule has 4 aliphatic rings. The summed E-state index contributed by atoms with van der Waals surface area (Å²) < 4.78 is 0. The summed E-state index contributed by atoms with van der Waals surface area (Å²) in [5.41, 5.74) is 0.543. The largest absolute Gasteiger partial charge is 0.389 e. The van der Waals surface area contributed by atoms with Crippen molar-refractivity contribution in [2.24, 2.45) is 28.6 Å². The van der Waals surface area contributed by atoms with Crippen molar-refractivity contribution in [2.75, 3.05) is 0 Å². The van der Waals surface area contributed by atoms with Crippen LogP contribution in [0.5, 0.6) is 0 Å². The lowest BCUT2D eigenvalue weighted by Gasteiger charge is -2.57. The van der Waals surface area contributed by atoms with E-state index in [9.17, 15) is 14.7 Å². The van der Waals surface area contributed by atoms with Crippen LogP contribution in [0, 0.1) is 28.6 Å². The number of hydrogen-bond acceptors (Lipinski definition) is 3. The maximum Gasteiger partial charge on any atom is 0.156 e. The van der Waals surface area contributed by atoms with Crippen LogP contribution >= 0.6 is 0 Å². The Labute approximate surface area is 150 Å². The second-order valence-electron chi connectivity index (χ2n) is 9.36. The number of hydrogen-bond donors (Lipinski definition) is 1. The fraction of sp³-hybridized carbons (Fsp3) is 0.727. The maximum absolute atomic E-state index is 11.9. The smallest absolute Gasteiger partial charge is 0.156 e. The van der Waals surface area contributed by atoms with E-state index in [1.165, 1.54) is 5.57 Å². The Hall–Kier alpha value is -1.22. The first kappa shape index (κ1) is 17.2. The second-order valence-corrected chi connectivity index (χ2v) is 9.36. The lowest BCUT2D eigenvalue weighted by atomic mass is 9.48. The minimum atomic E-state index is -0.697. The SMILES string of the molecule is CC12CCC(=O)C=C1C=CC1C2CCC2(C)C1CCC2(O)CCC=O. The molecule has 0 amide bonds. The van der Waals surface area contributed by atoms with Gasteiger partial charge in [0.15, 0.2) is 5.78 Å². The minimum absolute atomic E-state index is 0.0937. The van der Waals surface area contributed by atoms with Crippen LogP contribution in [-0.4, -0.2) is 22.8 Å². The standard InChI is InChI=1S/C22H30O3/c1-20-10-6-16(24)14-15(20)4-5-17-18(20)7-11-21(2)19(17)8-12-22(21,25)9-3-13-23/h4-5,13-14,17-19,25H,3,6-12H2,1-2H3. The molecule has 0 bridgehead atoms. The topological polar surface area (TPSA) is 54.4 Å². The van der Waals surface area contributed by atoms with Gasteiger partial charge < -0.3 is 9.90 Å². The van der Waals surface area contributed by atoms with Crippen LogP contribution < -0.4 is 0 Å². The summed E-state index contributed by atoms with van der Waals surface area (Å²) in [6, 6.07) is 0. The Bertz CT molecular complexity index is 662. The van der Waals surface area contributed by atoms with Gasteiger partial charge in [0.1, 0.15) is 6.29 Å². The highest BCUT2D eigenvalue weighted by atomic mass is 16.3. The second kappa shape index (κ2) is 5.64. The summed E-state index contributed by atoms with van der Waals surface area (Å²) in [7, 11) is 0. The van der Waals surface area contributed by atoms with Gasteiger partial charge in [0.2, 0.25) is 0 Å². The predicted molar refractivity (Wildman–Crippen MR) is 96.9 cm³/mol. The normalized spacial score (nSPS) is 48.4. The van der Waals surface area contributed by atoms with E-state index in [1.54, 1.807) is 0 Å². The van der Waals surface area contributed by atoms with Gasteiger partial charge in [-0.1, -0.05) is 26.0 Å². The number of carbonyl (C=O) groups is 2. The molecule has 3 nitrogen and oxygen atoms in total. The Kier molecular flexibility index (Phi) is 3.88. The molecule has 2 saturated carbocycles. The molecule has 0 radical (unpaired) electrons. The van der Waals surface area contributed by atoms with Crippen molar-refractivity contribution in [1.29, 1.82) is 0 Å². The van der Waals surface area contributed by atoms with E-state index < -0.39 is 5.60 Å². The molecule has 0 aromatic carbocycles. The van der Waals surface area contributed by atoms with Crippen LogP contribution in [0.2, 0.25) is 0 Å². The van der Waals surface area contributed by atoms with Crippen LogP contribution in [0.15, 0.2) is 23.8 Å². The number of carbonyl (C=O) groups excluding carboxylic acids is 2. The number of aldehydes is 1. The summed E-state index contributed by atoms with van der Waals surface area (Å²) in [5, 5.41) is 11.4. The van der Waals surface area contributed by atoms with E-state index in [4.69, 9.17) is 0 Å². The van der Waals surface area contributed by atoms with E-state index in [0.717, 1.165) is 38.4 Å². The van der Waals surface area contributed by atoms with Crippen molar-refractivity contribution in [3.63, 3.8) is 0 Å². The molecule has 0 aromatic rings. The summed E-state index contributed by atoms with van der Waals surface area (Å²) in [5.74, 6) is 1.80. The van der Waals surface area contributed by atoms with Crippen molar-refractivity contribution >= 4 is 12.1 Å². The highest BCUT2D eigenvalue weighted by molar-refractivity contribution is 5.92. The fourth-order valence-corrected chi connectivity index (χ4v) is 6.82. The Morgan fingerprint density at radius 1 is 1.20 bits per heavy atom. The Morgan fingerprint density at radius 3 is 2.72 bits per heavy atom. The molecule has 0 aliphatic heterocycles. The van der Waals surface area contributed by atoms with Gasteiger partial charge >= 0.3 is 0 Å². The van der Waals surface area contributed by atoms with Crippen LogP contribution in [0.3, 0.4) is 0 Å². The molecular weight excluding hydrogens is 312 g/mol. The van der Waals surface area contributed by atoms with Gasteiger partial charge in [-0.25, -0.2) is 0 Å². The van der Waals surface area contributed by atoms with Gasteiger partial charge in [-0.05, 0) is 78.8 Å². The molecule has 136 valence electrons. The van der Waals surface area contributed by atoms with E-state index in [0.29, 0.717) is 37.0 Å². The summed E-state index contributed by atoms with van der Waals surface area (Å²) in [4.78, 5) is 22.7. The van der Waals surface area contributed by atoms with Gasteiger partial charge in [-0.3, -0.25) is 4.79 Å². The fourth-order valence-electron chi connectivity index (χ4n) is 6.82. The average Bonchev–Trinajstić information content (AvgIpc) is 2.85. The molecule has 6 atom stereocenters. The first-order chi connectivity index (χ1) is 11.8. The van der Waals surface area contributed by atoms with E-state index in [-0.39, 0.29) is 16.6 Å². The Balaban J connectivity index is 1.68. The predicted octanol–water partition coefficient (Wildman–Crippen LogP) is 4.00. The number of rotatable bonds is 3. The number of fused-ring (bicyclic) bond motifs is 5. The number of allylic oxidation sites excluding steroid dienone is 4. The molecule has 25 heavy (non-hydrogen) atoms. The molecule has 2 fully saturated rings. The third-order valence-corrected chi connectivity index (χ3v) is 8.51. The third-order valence-electron chi connectivity index (χ3n) is 8.51. The first-order valence-corrected chi connectivity index (χ1v) is 9.93. The molecule has 6 unspecified atom stereocenters. The highest BCUT2D eigenvalue weighted by Gasteiger charge is 2.62. The van der Waals surface area contributed by atoms with Gasteiger partial charge in [0.25, 0.3) is 0 Å². The van der Waals surface area contributed by atoms with Crippen LogP contribution in [-0.2, 0) is 9.59 Å². The van der Waals surface area contributed by atoms with Crippen LogP contribution in [0.25, 0.3) is 0 Å². The molecule has 0 heterocycles. The summed E-state index contributed by atoms with van der Waals surface area (Å²) in [6.07, 6.45) is 14.0. The molecule has 0 aromatic heterocycles. The van der Waals surface area contributed by atoms with Gasteiger partial charge in [0.05, 0.1) is 5.60 Å². The summed E-state index contributed by atoms with van der Waals surface area (Å²) >= 11 is 0. The first-order valence-electron chi connectivity index (χ1n) is 9.93. The monoisotopic (exact) mass is 342 g/mol. The summed E-state index contributed by atoms with van der Waals surface area (Å²) in [6.45, 7) is 4.61. The van der Waals surface area contributed by atoms with E-state index in [2.05, 4.69) is 26.0 Å². The number of ketones is 1. The molecule has 1 N–H and O–H groups in total. The zero-order valence-corrected chi connectivity index (χ0v) is 15.5. The molecule has 0 saturated heterocycles. The zero-order chi connectivity index (χ0) is 17.9. The lowest BCUT2D eigenvalue weighted by Crippen LogP contribution is -2.53. The molecule has 4 aliphatic carbocycles. The molecular formula is C22H30O3. The van der Waals surface area contributed by atoms with Crippen LogP contribution in [0.1, 0.15) is 65.2 Å². The van der Waals surface area contributed by atoms with Gasteiger partial charge in [0, 0.05) is 12.8 Å². The van der Waals surface area contributed by atoms with Gasteiger partial charge in [-0.15, -0.1) is 0 Å². The van der Waals surface area contributed by atoms with E-state index >= 15 is 0 Å². The van der Waals surface area contributed by atoms with Crippen molar-refractivity contribution in [3.8, 4) is 0 Å². The van der Waals surface area contributed by atoms with Crippen molar-refractivity contribution < 1.29 is 14.7 Å². The molecule has 3 heteroatoms.